The van der Waals surface area contributed by atoms with E-state index in [0.29, 0.717) is 5.25 Å². The van der Waals surface area contributed by atoms with Crippen molar-refractivity contribution in [3.8, 4) is 0 Å². The van der Waals surface area contributed by atoms with Gasteiger partial charge in [-0.25, -0.2) is 9.97 Å². The molecule has 6 nitrogen and oxygen atoms in total. The molecule has 0 saturated carbocycles. The van der Waals surface area contributed by atoms with E-state index in [1.807, 2.05) is 59.9 Å². The Labute approximate surface area is 177 Å². The third-order valence-corrected chi connectivity index (χ3v) is 7.31. The second kappa shape index (κ2) is 8.61. The Bertz CT molecular complexity index is 862. The minimum atomic E-state index is 0.112. The summed E-state index contributed by atoms with van der Waals surface area (Å²) in [4.78, 5) is 28.4. The van der Waals surface area contributed by atoms with Gasteiger partial charge in [0, 0.05) is 62.3 Å². The summed E-state index contributed by atoms with van der Waals surface area (Å²) in [6.07, 6.45) is 5.12. The number of benzene rings is 1. The SMILES string of the molecule is CCC1CCc2c(ncnc2N2CCN(C(=O)c3ccc(N(C)C)cc3)CC2)S1. The van der Waals surface area contributed by atoms with Crippen LogP contribution in [0.15, 0.2) is 35.6 Å². The smallest absolute Gasteiger partial charge is 0.253 e. The normalized spacial score (nSPS) is 19.1. The van der Waals surface area contributed by atoms with E-state index in [-0.39, 0.29) is 5.91 Å². The van der Waals surface area contributed by atoms with Crippen LogP contribution in [0.4, 0.5) is 11.5 Å². The minimum absolute atomic E-state index is 0.112. The molecule has 0 aliphatic carbocycles. The fraction of sp³-hybridized carbons (Fsp3) is 0.500. The van der Waals surface area contributed by atoms with E-state index in [9.17, 15) is 4.79 Å². The van der Waals surface area contributed by atoms with Crippen molar-refractivity contribution < 1.29 is 4.79 Å². The first-order valence-corrected chi connectivity index (χ1v) is 11.3. The zero-order valence-corrected chi connectivity index (χ0v) is 18.3. The molecule has 1 aromatic carbocycles. The number of nitrogens with zero attached hydrogens (tertiary/aromatic N) is 5. The lowest BCUT2D eigenvalue weighted by atomic mass is 10.1. The van der Waals surface area contributed by atoms with Gasteiger partial charge >= 0.3 is 0 Å². The van der Waals surface area contributed by atoms with Crippen molar-refractivity contribution in [3.63, 3.8) is 0 Å². The largest absolute Gasteiger partial charge is 0.378 e. The van der Waals surface area contributed by atoms with E-state index in [4.69, 9.17) is 0 Å². The molecule has 1 aromatic heterocycles. The Kier molecular flexibility index (Phi) is 5.94. The van der Waals surface area contributed by atoms with Crippen LogP contribution in [0.3, 0.4) is 0 Å². The Morgan fingerprint density at radius 2 is 1.86 bits per heavy atom. The molecule has 0 bridgehead atoms. The molecule has 1 unspecified atom stereocenters. The highest BCUT2D eigenvalue weighted by molar-refractivity contribution is 8.00. The van der Waals surface area contributed by atoms with Crippen molar-refractivity contribution in [1.29, 1.82) is 0 Å². The first-order valence-electron chi connectivity index (χ1n) is 10.4. The van der Waals surface area contributed by atoms with Crippen LogP contribution in [-0.4, -0.2) is 66.3 Å². The maximum Gasteiger partial charge on any atom is 0.253 e. The van der Waals surface area contributed by atoms with E-state index in [0.717, 1.165) is 54.7 Å². The number of amides is 1. The number of anilines is 2. The number of hydrogen-bond acceptors (Lipinski definition) is 6. The van der Waals surface area contributed by atoms with Crippen LogP contribution in [0, 0.1) is 0 Å². The molecule has 1 atom stereocenters. The van der Waals surface area contributed by atoms with Gasteiger partial charge in [0.15, 0.2) is 0 Å². The lowest BCUT2D eigenvalue weighted by Gasteiger charge is -2.37. The average molecular weight is 412 g/mol. The van der Waals surface area contributed by atoms with Crippen LogP contribution in [0.5, 0.6) is 0 Å². The molecule has 154 valence electrons. The molecular weight excluding hydrogens is 382 g/mol. The van der Waals surface area contributed by atoms with Gasteiger partial charge in [0.2, 0.25) is 0 Å². The molecule has 1 amide bonds. The second-order valence-electron chi connectivity index (χ2n) is 7.89. The van der Waals surface area contributed by atoms with Crippen LogP contribution < -0.4 is 9.80 Å². The van der Waals surface area contributed by atoms with E-state index < -0.39 is 0 Å². The highest BCUT2D eigenvalue weighted by atomic mass is 32.2. The summed E-state index contributed by atoms with van der Waals surface area (Å²) in [5, 5.41) is 1.81. The lowest BCUT2D eigenvalue weighted by Crippen LogP contribution is -2.49. The fourth-order valence-electron chi connectivity index (χ4n) is 4.00. The van der Waals surface area contributed by atoms with Gasteiger partial charge in [-0.1, -0.05) is 6.92 Å². The first-order chi connectivity index (χ1) is 14.1. The van der Waals surface area contributed by atoms with Crippen LogP contribution in [-0.2, 0) is 6.42 Å². The summed E-state index contributed by atoms with van der Waals surface area (Å²) in [6, 6.07) is 7.84. The number of piperazine rings is 1. The van der Waals surface area contributed by atoms with Crippen molar-refractivity contribution in [2.75, 3.05) is 50.1 Å². The summed E-state index contributed by atoms with van der Waals surface area (Å²) < 4.78 is 0. The van der Waals surface area contributed by atoms with Crippen molar-refractivity contribution in [2.45, 2.75) is 36.5 Å². The third kappa shape index (κ3) is 4.20. The minimum Gasteiger partial charge on any atom is -0.378 e. The fourth-order valence-corrected chi connectivity index (χ4v) is 5.16. The number of fused-ring (bicyclic) bond motifs is 1. The molecule has 2 aliphatic rings. The number of carbonyl (C=O) groups is 1. The lowest BCUT2D eigenvalue weighted by molar-refractivity contribution is 0.0746. The van der Waals surface area contributed by atoms with Crippen LogP contribution in [0.2, 0.25) is 0 Å². The molecule has 2 aliphatic heterocycles. The molecule has 29 heavy (non-hydrogen) atoms. The Balaban J connectivity index is 1.42. The number of aromatic nitrogens is 2. The number of rotatable bonds is 4. The Morgan fingerprint density at radius 3 is 2.52 bits per heavy atom. The van der Waals surface area contributed by atoms with Crippen LogP contribution in [0.1, 0.15) is 35.7 Å². The molecule has 3 heterocycles. The molecule has 0 N–H and O–H groups in total. The predicted molar refractivity (Wildman–Crippen MR) is 119 cm³/mol. The van der Waals surface area contributed by atoms with Crippen molar-refractivity contribution in [1.82, 2.24) is 14.9 Å². The van der Waals surface area contributed by atoms with E-state index in [1.165, 1.54) is 18.4 Å². The Hall–Kier alpha value is -2.28. The maximum absolute atomic E-state index is 12.9. The second-order valence-corrected chi connectivity index (χ2v) is 9.18. The van der Waals surface area contributed by atoms with Crippen molar-refractivity contribution >= 4 is 29.2 Å². The van der Waals surface area contributed by atoms with E-state index >= 15 is 0 Å². The average Bonchev–Trinajstić information content (AvgIpc) is 2.78. The molecule has 0 spiro atoms. The summed E-state index contributed by atoms with van der Waals surface area (Å²) in [7, 11) is 4.01. The van der Waals surface area contributed by atoms with E-state index in [1.54, 1.807) is 6.33 Å². The summed E-state index contributed by atoms with van der Waals surface area (Å²) >= 11 is 1.90. The zero-order valence-electron chi connectivity index (χ0n) is 17.5. The van der Waals surface area contributed by atoms with Crippen molar-refractivity contribution in [2.24, 2.45) is 0 Å². The van der Waals surface area contributed by atoms with Gasteiger partial charge in [0.25, 0.3) is 5.91 Å². The topological polar surface area (TPSA) is 52.6 Å². The van der Waals surface area contributed by atoms with Gasteiger partial charge in [-0.3, -0.25) is 4.79 Å². The Morgan fingerprint density at radius 1 is 1.14 bits per heavy atom. The summed E-state index contributed by atoms with van der Waals surface area (Å²) in [5.74, 6) is 1.18. The highest BCUT2D eigenvalue weighted by Gasteiger charge is 2.28. The van der Waals surface area contributed by atoms with Gasteiger partial charge in [0.05, 0.1) is 0 Å². The molecule has 1 saturated heterocycles. The maximum atomic E-state index is 12.9. The van der Waals surface area contributed by atoms with Gasteiger partial charge in [-0.15, -0.1) is 11.8 Å². The zero-order chi connectivity index (χ0) is 20.4. The van der Waals surface area contributed by atoms with Crippen LogP contribution >= 0.6 is 11.8 Å². The van der Waals surface area contributed by atoms with Gasteiger partial charge in [-0.2, -0.15) is 0 Å². The molecular formula is C22H29N5OS. The number of carbonyl (C=O) groups excluding carboxylic acids is 1. The molecule has 1 fully saturated rings. The molecule has 7 heteroatoms. The van der Waals surface area contributed by atoms with Crippen molar-refractivity contribution in [3.05, 3.63) is 41.7 Å². The molecule has 2 aromatic rings. The quantitative estimate of drug-likeness (QED) is 0.720. The van der Waals surface area contributed by atoms with E-state index in [2.05, 4.69) is 21.8 Å². The van der Waals surface area contributed by atoms with Crippen LogP contribution in [0.25, 0.3) is 0 Å². The molecule has 0 radical (unpaired) electrons. The van der Waals surface area contributed by atoms with Gasteiger partial charge in [-0.05, 0) is 43.5 Å². The standard InChI is InChI=1S/C22H29N5OS/c1-4-18-9-10-19-20(23-15-24-21(19)29-18)26-11-13-27(14-12-26)22(28)16-5-7-17(8-6-16)25(2)3/h5-8,15,18H,4,9-14H2,1-3H3. The van der Waals surface area contributed by atoms with Gasteiger partial charge in [0.1, 0.15) is 17.2 Å². The number of thioether (sulfide) groups is 1. The monoisotopic (exact) mass is 411 g/mol. The highest BCUT2D eigenvalue weighted by Crippen LogP contribution is 2.38. The number of hydrogen-bond donors (Lipinski definition) is 0. The molecule has 4 rings (SSSR count). The summed E-state index contributed by atoms with van der Waals surface area (Å²) in [6.45, 7) is 5.31. The predicted octanol–water partition coefficient (Wildman–Crippen LogP) is 3.32. The summed E-state index contributed by atoms with van der Waals surface area (Å²) in [5.41, 5.74) is 3.15. The first kappa shape index (κ1) is 20.0. The van der Waals surface area contributed by atoms with Gasteiger partial charge < -0.3 is 14.7 Å². The third-order valence-electron chi connectivity index (χ3n) is 5.83.